The van der Waals surface area contributed by atoms with Crippen LogP contribution >= 0.6 is 11.8 Å². The number of amides is 1. The van der Waals surface area contributed by atoms with Gasteiger partial charge in [0.1, 0.15) is 18.1 Å². The zero-order chi connectivity index (χ0) is 22.3. The second-order valence-corrected chi connectivity index (χ2v) is 9.19. The Morgan fingerprint density at radius 2 is 1.84 bits per heavy atom. The number of rotatable bonds is 10. The minimum absolute atomic E-state index is 0.0930. The predicted molar refractivity (Wildman–Crippen MR) is 121 cm³/mol. The van der Waals surface area contributed by atoms with Gasteiger partial charge in [-0.05, 0) is 61.7 Å². The third-order valence-corrected chi connectivity index (χ3v) is 6.93. The lowest BCUT2D eigenvalue weighted by Crippen LogP contribution is -2.40. The SMILES string of the molecule is CCOc1ccccc1N(CC(=O)NCc1ccco1)S(=O)(=O)c1ccc(SC)cc1. The fourth-order valence-electron chi connectivity index (χ4n) is 2.90. The number of sulfonamides is 1. The molecule has 0 saturated carbocycles. The van der Waals surface area contributed by atoms with Crippen molar-refractivity contribution in [3.63, 3.8) is 0 Å². The van der Waals surface area contributed by atoms with Crippen molar-refractivity contribution >= 4 is 33.4 Å². The highest BCUT2D eigenvalue weighted by Crippen LogP contribution is 2.32. The van der Waals surface area contributed by atoms with Gasteiger partial charge >= 0.3 is 0 Å². The lowest BCUT2D eigenvalue weighted by atomic mass is 10.3. The molecule has 0 atom stereocenters. The zero-order valence-corrected chi connectivity index (χ0v) is 18.9. The topological polar surface area (TPSA) is 88.8 Å². The molecule has 164 valence electrons. The van der Waals surface area contributed by atoms with Gasteiger partial charge in [-0.15, -0.1) is 11.8 Å². The Hall–Kier alpha value is -2.91. The summed E-state index contributed by atoms with van der Waals surface area (Å²) in [6.07, 6.45) is 3.42. The highest BCUT2D eigenvalue weighted by atomic mass is 32.2. The largest absolute Gasteiger partial charge is 0.492 e. The van der Waals surface area contributed by atoms with Crippen LogP contribution in [0.4, 0.5) is 5.69 Å². The van der Waals surface area contributed by atoms with E-state index in [2.05, 4.69) is 5.32 Å². The number of nitrogens with one attached hydrogen (secondary N) is 1. The lowest BCUT2D eigenvalue weighted by Gasteiger charge is -2.26. The van der Waals surface area contributed by atoms with Gasteiger partial charge in [0.25, 0.3) is 10.0 Å². The monoisotopic (exact) mass is 460 g/mol. The van der Waals surface area contributed by atoms with E-state index in [1.165, 1.54) is 30.2 Å². The standard InChI is InChI=1S/C22H24N2O5S2/c1-3-28-21-9-5-4-8-20(21)24(16-22(25)23-15-17-7-6-14-29-17)31(26,27)19-12-10-18(30-2)11-13-19/h4-14H,3,15-16H2,1-2H3,(H,23,25). The maximum absolute atomic E-state index is 13.5. The molecule has 0 aliphatic heterocycles. The van der Waals surface area contributed by atoms with Gasteiger partial charge in [0, 0.05) is 4.90 Å². The Balaban J connectivity index is 1.94. The quantitative estimate of drug-likeness (QED) is 0.462. The third kappa shape index (κ3) is 5.62. The summed E-state index contributed by atoms with van der Waals surface area (Å²) < 4.78 is 39.0. The molecule has 9 heteroatoms. The molecule has 3 aromatic rings. The van der Waals surface area contributed by atoms with Crippen molar-refractivity contribution in [2.75, 3.05) is 23.7 Å². The maximum atomic E-state index is 13.5. The Kier molecular flexibility index (Phi) is 7.64. The van der Waals surface area contributed by atoms with E-state index in [1.54, 1.807) is 48.5 Å². The van der Waals surface area contributed by atoms with Crippen molar-refractivity contribution in [2.45, 2.75) is 23.3 Å². The molecule has 0 spiro atoms. The number of anilines is 1. The van der Waals surface area contributed by atoms with E-state index in [0.29, 0.717) is 23.8 Å². The van der Waals surface area contributed by atoms with E-state index >= 15 is 0 Å². The molecule has 1 amide bonds. The second-order valence-electron chi connectivity index (χ2n) is 6.44. The van der Waals surface area contributed by atoms with Gasteiger partial charge in [-0.1, -0.05) is 12.1 Å². The molecular weight excluding hydrogens is 436 g/mol. The fraction of sp³-hybridized carbons (Fsp3) is 0.227. The Morgan fingerprint density at radius 3 is 2.48 bits per heavy atom. The number of ether oxygens (including phenoxy) is 1. The minimum Gasteiger partial charge on any atom is -0.492 e. The number of nitrogens with zero attached hydrogens (tertiary/aromatic N) is 1. The zero-order valence-electron chi connectivity index (χ0n) is 17.3. The fourth-order valence-corrected chi connectivity index (χ4v) is 4.74. The first-order valence-electron chi connectivity index (χ1n) is 9.63. The number of benzene rings is 2. The van der Waals surface area contributed by atoms with Crippen molar-refractivity contribution in [3.05, 3.63) is 72.7 Å². The van der Waals surface area contributed by atoms with Crippen LogP contribution in [0.25, 0.3) is 0 Å². The Labute approximate surface area is 186 Å². The summed E-state index contributed by atoms with van der Waals surface area (Å²) in [5.41, 5.74) is 0.298. The van der Waals surface area contributed by atoms with E-state index in [-0.39, 0.29) is 11.4 Å². The molecule has 0 fully saturated rings. The van der Waals surface area contributed by atoms with E-state index in [0.717, 1.165) is 9.20 Å². The Morgan fingerprint density at radius 1 is 1.10 bits per heavy atom. The lowest BCUT2D eigenvalue weighted by molar-refractivity contribution is -0.119. The van der Waals surface area contributed by atoms with Crippen LogP contribution < -0.4 is 14.4 Å². The smallest absolute Gasteiger partial charge is 0.264 e. The summed E-state index contributed by atoms with van der Waals surface area (Å²) in [5.74, 6) is 0.491. The summed E-state index contributed by atoms with van der Waals surface area (Å²) in [7, 11) is -4.03. The molecule has 0 bridgehead atoms. The van der Waals surface area contributed by atoms with E-state index < -0.39 is 22.5 Å². The first-order chi connectivity index (χ1) is 15.0. The van der Waals surface area contributed by atoms with Gasteiger partial charge < -0.3 is 14.5 Å². The van der Waals surface area contributed by atoms with Crippen molar-refractivity contribution < 1.29 is 22.4 Å². The van der Waals surface area contributed by atoms with Crippen LogP contribution in [0, 0.1) is 0 Å². The molecular formula is C22H24N2O5S2. The normalized spacial score (nSPS) is 11.2. The number of hydrogen-bond donors (Lipinski definition) is 1. The molecule has 0 radical (unpaired) electrons. The van der Waals surface area contributed by atoms with Crippen LogP contribution in [0.15, 0.2) is 81.1 Å². The van der Waals surface area contributed by atoms with Crippen LogP contribution in [0.5, 0.6) is 5.75 Å². The molecule has 0 aliphatic rings. The van der Waals surface area contributed by atoms with Crippen LogP contribution in [0.1, 0.15) is 12.7 Å². The van der Waals surface area contributed by atoms with Crippen LogP contribution in [0.2, 0.25) is 0 Å². The number of carbonyl (C=O) groups excluding carboxylic acids is 1. The summed E-state index contributed by atoms with van der Waals surface area (Å²) in [6.45, 7) is 1.93. The molecule has 0 aliphatic carbocycles. The molecule has 1 N–H and O–H groups in total. The van der Waals surface area contributed by atoms with Crippen LogP contribution in [-0.4, -0.2) is 33.7 Å². The van der Waals surface area contributed by atoms with Crippen molar-refractivity contribution in [1.29, 1.82) is 0 Å². The molecule has 7 nitrogen and oxygen atoms in total. The molecule has 0 unspecified atom stereocenters. The Bertz CT molecular complexity index is 1100. The molecule has 3 rings (SSSR count). The maximum Gasteiger partial charge on any atom is 0.264 e. The second kappa shape index (κ2) is 10.4. The summed E-state index contributed by atoms with van der Waals surface area (Å²) in [6, 6.07) is 16.8. The van der Waals surface area contributed by atoms with Crippen molar-refractivity contribution in [2.24, 2.45) is 0 Å². The number of furan rings is 1. The summed E-state index contributed by atoms with van der Waals surface area (Å²) in [4.78, 5) is 13.7. The first-order valence-corrected chi connectivity index (χ1v) is 12.3. The van der Waals surface area contributed by atoms with Gasteiger partial charge in [-0.2, -0.15) is 0 Å². The van der Waals surface area contributed by atoms with E-state index in [1.807, 2.05) is 13.2 Å². The first kappa shape index (κ1) is 22.8. The van der Waals surface area contributed by atoms with Crippen molar-refractivity contribution in [3.8, 4) is 5.75 Å². The number of thioether (sulfide) groups is 1. The van der Waals surface area contributed by atoms with Crippen molar-refractivity contribution in [1.82, 2.24) is 5.32 Å². The van der Waals surface area contributed by atoms with Gasteiger partial charge in [-0.3, -0.25) is 9.10 Å². The number of para-hydroxylation sites is 2. The molecule has 1 heterocycles. The molecule has 1 aromatic heterocycles. The van der Waals surface area contributed by atoms with Gasteiger partial charge in [0.15, 0.2) is 0 Å². The molecule has 0 saturated heterocycles. The molecule has 2 aromatic carbocycles. The van der Waals surface area contributed by atoms with E-state index in [4.69, 9.17) is 9.15 Å². The average molecular weight is 461 g/mol. The minimum atomic E-state index is -4.03. The number of hydrogen-bond acceptors (Lipinski definition) is 6. The van der Waals surface area contributed by atoms with Crippen LogP contribution in [0.3, 0.4) is 0 Å². The summed E-state index contributed by atoms with van der Waals surface area (Å²) in [5, 5.41) is 2.70. The highest BCUT2D eigenvalue weighted by Gasteiger charge is 2.29. The van der Waals surface area contributed by atoms with Gasteiger partial charge in [0.2, 0.25) is 5.91 Å². The van der Waals surface area contributed by atoms with E-state index in [9.17, 15) is 13.2 Å². The third-order valence-electron chi connectivity index (χ3n) is 4.41. The van der Waals surface area contributed by atoms with Crippen LogP contribution in [-0.2, 0) is 21.4 Å². The van der Waals surface area contributed by atoms with Gasteiger partial charge in [0.05, 0.1) is 30.0 Å². The molecule has 31 heavy (non-hydrogen) atoms. The number of carbonyl (C=O) groups is 1. The predicted octanol–water partition coefficient (Wildman–Crippen LogP) is 3.91. The van der Waals surface area contributed by atoms with Gasteiger partial charge in [-0.25, -0.2) is 8.42 Å². The average Bonchev–Trinajstić information content (AvgIpc) is 3.30. The highest BCUT2D eigenvalue weighted by molar-refractivity contribution is 7.98. The summed E-state index contributed by atoms with van der Waals surface area (Å²) >= 11 is 1.52.